The zero-order chi connectivity index (χ0) is 5.70. The monoisotopic (exact) mass is 95.1 g/mol. The molecule has 0 amide bonds. The summed E-state index contributed by atoms with van der Waals surface area (Å²) in [5, 5.41) is 0. The fourth-order valence-electron chi connectivity index (χ4n) is 0.180. The Labute approximate surface area is 44.1 Å². The van der Waals surface area contributed by atoms with E-state index in [9.17, 15) is 0 Å². The maximum Gasteiger partial charge on any atom is 0.0300 e. The lowest BCUT2D eigenvalue weighted by Crippen LogP contribution is -1.62. The first-order chi connectivity index (χ1) is 3.27. The van der Waals surface area contributed by atoms with E-state index < -0.39 is 0 Å². The zero-order valence-electron chi connectivity index (χ0n) is 4.52. The van der Waals surface area contributed by atoms with Gasteiger partial charge in [0.1, 0.15) is 0 Å². The molecule has 0 fully saturated rings. The molecule has 0 heterocycles. The molecular formula is C6H9N. The minimum Gasteiger partial charge on any atom is -0.262 e. The van der Waals surface area contributed by atoms with Gasteiger partial charge in [0.25, 0.3) is 0 Å². The summed E-state index contributed by atoms with van der Waals surface area (Å²) in [5.41, 5.74) is 0.805. The van der Waals surface area contributed by atoms with Gasteiger partial charge in [0.2, 0.25) is 0 Å². The number of rotatable bonds is 2. The van der Waals surface area contributed by atoms with E-state index in [0.29, 0.717) is 0 Å². The second-order valence-electron chi connectivity index (χ2n) is 1.25. The average Bonchev–Trinajstić information content (AvgIpc) is 1.61. The SMILES string of the molecule is C=C/C=N\C(=C)C. The molecule has 1 heteroatoms. The van der Waals surface area contributed by atoms with Gasteiger partial charge in [0, 0.05) is 11.9 Å². The molecule has 0 aromatic carbocycles. The summed E-state index contributed by atoms with van der Waals surface area (Å²) < 4.78 is 0. The standard InChI is InChI=1S/C6H9N/c1-4-5-7-6(2)3/h4-5H,1-2H2,3H3/b7-5-. The summed E-state index contributed by atoms with van der Waals surface area (Å²) in [6.45, 7) is 8.82. The summed E-state index contributed by atoms with van der Waals surface area (Å²) >= 11 is 0. The maximum absolute atomic E-state index is 3.81. The van der Waals surface area contributed by atoms with Crippen molar-refractivity contribution in [2.24, 2.45) is 4.99 Å². The number of nitrogens with zero attached hydrogens (tertiary/aromatic N) is 1. The average molecular weight is 95.1 g/mol. The lowest BCUT2D eigenvalue weighted by molar-refractivity contribution is 1.34. The Morgan fingerprint density at radius 1 is 1.71 bits per heavy atom. The van der Waals surface area contributed by atoms with Crippen LogP contribution < -0.4 is 0 Å². The van der Waals surface area contributed by atoms with Crippen molar-refractivity contribution < 1.29 is 0 Å². The molecule has 0 saturated heterocycles. The Morgan fingerprint density at radius 2 is 2.29 bits per heavy atom. The summed E-state index contributed by atoms with van der Waals surface area (Å²) in [6.07, 6.45) is 3.23. The fraction of sp³-hybridized carbons (Fsp3) is 0.167. The van der Waals surface area contributed by atoms with Crippen LogP contribution in [0.15, 0.2) is 29.9 Å². The van der Waals surface area contributed by atoms with Gasteiger partial charge in [0.05, 0.1) is 0 Å². The van der Waals surface area contributed by atoms with Gasteiger partial charge in [-0.25, -0.2) is 0 Å². The molecular weight excluding hydrogens is 86.1 g/mol. The lowest BCUT2D eigenvalue weighted by Gasteiger charge is -1.78. The van der Waals surface area contributed by atoms with Crippen LogP contribution in [0.1, 0.15) is 6.92 Å². The van der Waals surface area contributed by atoms with Crippen LogP contribution in [-0.4, -0.2) is 6.21 Å². The smallest absolute Gasteiger partial charge is 0.0300 e. The van der Waals surface area contributed by atoms with Crippen molar-refractivity contribution in [3.05, 3.63) is 24.9 Å². The minimum atomic E-state index is 0.805. The Morgan fingerprint density at radius 3 is 2.43 bits per heavy atom. The van der Waals surface area contributed by atoms with Crippen molar-refractivity contribution in [2.75, 3.05) is 0 Å². The van der Waals surface area contributed by atoms with Crippen LogP contribution in [0, 0.1) is 0 Å². The summed E-state index contributed by atoms with van der Waals surface area (Å²) in [7, 11) is 0. The van der Waals surface area contributed by atoms with Crippen LogP contribution >= 0.6 is 0 Å². The van der Waals surface area contributed by atoms with Gasteiger partial charge >= 0.3 is 0 Å². The molecule has 0 spiro atoms. The highest BCUT2D eigenvalue weighted by atomic mass is 14.7. The van der Waals surface area contributed by atoms with Crippen molar-refractivity contribution in [3.8, 4) is 0 Å². The Bertz CT molecular complexity index is 101. The van der Waals surface area contributed by atoms with E-state index in [-0.39, 0.29) is 0 Å². The van der Waals surface area contributed by atoms with Crippen molar-refractivity contribution in [1.82, 2.24) is 0 Å². The lowest BCUT2D eigenvalue weighted by atomic mass is 10.6. The summed E-state index contributed by atoms with van der Waals surface area (Å²) in [4.78, 5) is 3.81. The number of allylic oxidation sites excluding steroid dienone is 2. The van der Waals surface area contributed by atoms with E-state index >= 15 is 0 Å². The zero-order valence-corrected chi connectivity index (χ0v) is 4.52. The normalized spacial score (nSPS) is 9.29. The van der Waals surface area contributed by atoms with Crippen molar-refractivity contribution in [3.63, 3.8) is 0 Å². The first-order valence-corrected chi connectivity index (χ1v) is 2.08. The molecule has 7 heavy (non-hydrogen) atoms. The van der Waals surface area contributed by atoms with Crippen LogP contribution in [0.2, 0.25) is 0 Å². The molecule has 0 aromatic heterocycles. The van der Waals surface area contributed by atoms with Crippen molar-refractivity contribution in [1.29, 1.82) is 0 Å². The molecule has 0 rings (SSSR count). The predicted molar refractivity (Wildman–Crippen MR) is 33.5 cm³/mol. The van der Waals surface area contributed by atoms with Crippen molar-refractivity contribution in [2.45, 2.75) is 6.92 Å². The Hall–Kier alpha value is -0.850. The van der Waals surface area contributed by atoms with Gasteiger partial charge in [-0.3, -0.25) is 4.99 Å². The third-order valence-electron chi connectivity index (χ3n) is 0.400. The minimum absolute atomic E-state index is 0.805. The maximum atomic E-state index is 3.81. The molecule has 0 aromatic rings. The molecule has 0 aliphatic heterocycles. The largest absolute Gasteiger partial charge is 0.262 e. The molecule has 0 radical (unpaired) electrons. The highest BCUT2D eigenvalue weighted by Crippen LogP contribution is 1.83. The Balaban J connectivity index is 3.46. The van der Waals surface area contributed by atoms with Gasteiger partial charge in [0.15, 0.2) is 0 Å². The van der Waals surface area contributed by atoms with E-state index in [2.05, 4.69) is 18.2 Å². The van der Waals surface area contributed by atoms with Gasteiger partial charge in [-0.15, -0.1) is 0 Å². The van der Waals surface area contributed by atoms with Gasteiger partial charge in [-0.05, 0) is 6.92 Å². The molecule has 38 valence electrons. The second-order valence-corrected chi connectivity index (χ2v) is 1.25. The van der Waals surface area contributed by atoms with Gasteiger partial charge in [-0.1, -0.05) is 19.2 Å². The highest BCUT2D eigenvalue weighted by Gasteiger charge is 1.65. The Kier molecular flexibility index (Phi) is 2.94. The van der Waals surface area contributed by atoms with Gasteiger partial charge in [-0.2, -0.15) is 0 Å². The van der Waals surface area contributed by atoms with Crippen molar-refractivity contribution >= 4 is 6.21 Å². The molecule has 0 bridgehead atoms. The van der Waals surface area contributed by atoms with E-state index in [4.69, 9.17) is 0 Å². The van der Waals surface area contributed by atoms with E-state index in [1.165, 1.54) is 0 Å². The first kappa shape index (κ1) is 6.15. The van der Waals surface area contributed by atoms with Crippen LogP contribution in [0.5, 0.6) is 0 Å². The quantitative estimate of drug-likeness (QED) is 0.463. The summed E-state index contributed by atoms with van der Waals surface area (Å²) in [6, 6.07) is 0. The second kappa shape index (κ2) is 3.34. The van der Waals surface area contributed by atoms with Crippen LogP contribution in [0.3, 0.4) is 0 Å². The molecule has 0 N–H and O–H groups in total. The molecule has 0 unspecified atom stereocenters. The number of aliphatic imine (C=N–C) groups is 1. The topological polar surface area (TPSA) is 12.4 Å². The predicted octanol–water partition coefficient (Wildman–Crippen LogP) is 1.78. The van der Waals surface area contributed by atoms with E-state index in [0.717, 1.165) is 5.70 Å². The summed E-state index contributed by atoms with van der Waals surface area (Å²) in [5.74, 6) is 0. The highest BCUT2D eigenvalue weighted by molar-refractivity contribution is 5.70. The molecule has 0 aliphatic rings. The number of hydrogen-bond donors (Lipinski definition) is 0. The van der Waals surface area contributed by atoms with Crippen LogP contribution in [0.25, 0.3) is 0 Å². The molecule has 1 nitrogen and oxygen atoms in total. The van der Waals surface area contributed by atoms with Crippen LogP contribution in [-0.2, 0) is 0 Å². The van der Waals surface area contributed by atoms with Crippen LogP contribution in [0.4, 0.5) is 0 Å². The molecule has 0 saturated carbocycles. The first-order valence-electron chi connectivity index (χ1n) is 2.08. The molecule has 0 atom stereocenters. The fourth-order valence-corrected chi connectivity index (χ4v) is 0.180. The van der Waals surface area contributed by atoms with E-state index in [1.54, 1.807) is 12.3 Å². The van der Waals surface area contributed by atoms with E-state index in [1.807, 2.05) is 6.92 Å². The van der Waals surface area contributed by atoms with Gasteiger partial charge < -0.3 is 0 Å². The third kappa shape index (κ3) is 5.15. The third-order valence-corrected chi connectivity index (χ3v) is 0.400. The molecule has 0 aliphatic carbocycles. The number of hydrogen-bond acceptors (Lipinski definition) is 1.